The Morgan fingerprint density at radius 1 is 1.20 bits per heavy atom. The van der Waals surface area contributed by atoms with Crippen LogP contribution in [0.5, 0.6) is 0 Å². The van der Waals surface area contributed by atoms with E-state index in [4.69, 9.17) is 0 Å². The van der Waals surface area contributed by atoms with Gasteiger partial charge in [0.05, 0.1) is 12.3 Å². The van der Waals surface area contributed by atoms with E-state index >= 15 is 0 Å². The predicted molar refractivity (Wildman–Crippen MR) is 118 cm³/mol. The first-order valence-corrected chi connectivity index (χ1v) is 11.8. The first-order chi connectivity index (χ1) is 14.6. The molecule has 8 heteroatoms. The molecule has 1 amide bonds. The van der Waals surface area contributed by atoms with Gasteiger partial charge in [0, 0.05) is 22.7 Å². The average Bonchev–Trinajstić information content (AvgIpc) is 3.27. The van der Waals surface area contributed by atoms with E-state index in [0.717, 1.165) is 47.4 Å². The first kappa shape index (κ1) is 20.8. The van der Waals surface area contributed by atoms with Gasteiger partial charge in [-0.1, -0.05) is 30.0 Å². The number of hydrogen-bond donors (Lipinski definition) is 1. The highest BCUT2D eigenvalue weighted by molar-refractivity contribution is 7.99. The number of nitrogens with zero attached hydrogens (tertiary/aromatic N) is 2. The summed E-state index contributed by atoms with van der Waals surface area (Å²) in [6.07, 6.45) is 3.87. The summed E-state index contributed by atoms with van der Waals surface area (Å²) in [4.78, 5) is 30.5. The van der Waals surface area contributed by atoms with Gasteiger partial charge in [0.1, 0.15) is 10.8 Å². The molecule has 1 aromatic carbocycles. The Labute approximate surface area is 182 Å². The summed E-state index contributed by atoms with van der Waals surface area (Å²) in [6, 6.07) is 10.1. The van der Waals surface area contributed by atoms with Gasteiger partial charge >= 0.3 is 5.69 Å². The van der Waals surface area contributed by atoms with Crippen molar-refractivity contribution < 1.29 is 9.18 Å². The second kappa shape index (κ2) is 9.57. The summed E-state index contributed by atoms with van der Waals surface area (Å²) in [7, 11) is 0. The smallest absolute Gasteiger partial charge is 0.349 e. The largest absolute Gasteiger partial charge is 0.351 e. The van der Waals surface area contributed by atoms with Gasteiger partial charge in [-0.2, -0.15) is 4.98 Å². The lowest BCUT2D eigenvalue weighted by atomic mass is 9.97. The molecule has 1 N–H and O–H groups in total. The van der Waals surface area contributed by atoms with Gasteiger partial charge in [-0.3, -0.25) is 9.36 Å². The van der Waals surface area contributed by atoms with E-state index in [9.17, 15) is 14.0 Å². The molecule has 3 aromatic rings. The fraction of sp³-hybridized carbons (Fsp3) is 0.318. The number of carbonyl (C=O) groups excluding carboxylic acids is 1. The van der Waals surface area contributed by atoms with Gasteiger partial charge in [0.2, 0.25) is 5.91 Å². The molecule has 2 heterocycles. The van der Waals surface area contributed by atoms with Crippen LogP contribution in [-0.4, -0.2) is 21.2 Å². The molecule has 0 bridgehead atoms. The lowest BCUT2D eigenvalue weighted by Gasteiger charge is -2.22. The summed E-state index contributed by atoms with van der Waals surface area (Å²) in [6.45, 7) is 0.891. The quantitative estimate of drug-likeness (QED) is 0.446. The molecule has 0 atom stereocenters. The number of thioether (sulfide) groups is 1. The van der Waals surface area contributed by atoms with Gasteiger partial charge in [-0.15, -0.1) is 11.3 Å². The molecule has 4 rings (SSSR count). The number of thiophene rings is 1. The van der Waals surface area contributed by atoms with Crippen molar-refractivity contribution in [2.45, 2.75) is 43.8 Å². The Morgan fingerprint density at radius 2 is 2.00 bits per heavy atom. The second-order valence-corrected chi connectivity index (χ2v) is 9.19. The minimum absolute atomic E-state index is 0.140. The molecular formula is C22H22FN3O2S2. The molecule has 1 aliphatic rings. The zero-order chi connectivity index (χ0) is 20.9. The number of benzene rings is 1. The number of nitrogens with one attached hydrogen (secondary N) is 1. The van der Waals surface area contributed by atoms with E-state index in [1.54, 1.807) is 28.0 Å². The molecule has 156 valence electrons. The minimum Gasteiger partial charge on any atom is -0.351 e. The van der Waals surface area contributed by atoms with Crippen LogP contribution in [0.2, 0.25) is 0 Å². The number of amides is 1. The maximum atomic E-state index is 13.0. The van der Waals surface area contributed by atoms with Crippen molar-refractivity contribution >= 4 is 29.0 Å². The number of hydrogen-bond acceptors (Lipinski definition) is 5. The van der Waals surface area contributed by atoms with Crippen LogP contribution in [0.25, 0.3) is 0 Å². The number of carbonyl (C=O) groups is 1. The molecule has 5 nitrogen and oxygen atoms in total. The van der Waals surface area contributed by atoms with E-state index in [1.165, 1.54) is 23.9 Å². The second-order valence-electron chi connectivity index (χ2n) is 7.19. The maximum Gasteiger partial charge on any atom is 0.349 e. The molecule has 0 radical (unpaired) electrons. The van der Waals surface area contributed by atoms with Crippen LogP contribution < -0.4 is 11.0 Å². The first-order valence-electron chi connectivity index (χ1n) is 9.89. The van der Waals surface area contributed by atoms with Crippen molar-refractivity contribution in [2.24, 2.45) is 0 Å². The summed E-state index contributed by atoms with van der Waals surface area (Å²) >= 11 is 2.95. The molecule has 0 fully saturated rings. The van der Waals surface area contributed by atoms with Gasteiger partial charge in [-0.25, -0.2) is 9.18 Å². The Morgan fingerprint density at radius 3 is 2.77 bits per heavy atom. The number of fused-ring (bicyclic) bond motifs is 1. The number of aromatic nitrogens is 2. The topological polar surface area (TPSA) is 64.0 Å². The Balaban J connectivity index is 1.44. The number of rotatable bonds is 7. The van der Waals surface area contributed by atoms with E-state index in [1.807, 2.05) is 17.5 Å². The van der Waals surface area contributed by atoms with E-state index in [2.05, 4.69) is 10.3 Å². The van der Waals surface area contributed by atoms with Crippen LogP contribution in [0.3, 0.4) is 0 Å². The standard InChI is InChI=1S/C22H22FN3O2S2/c23-16-9-7-15(8-10-16)12-24-20(27)14-30-21-18-5-1-2-6-19(18)26(22(28)25-21)13-17-4-3-11-29-17/h3-4,7-11H,1-2,5-6,12-14H2,(H,24,27). The molecule has 0 unspecified atom stereocenters. The SMILES string of the molecule is O=C(CSc1nc(=O)n(Cc2cccs2)c2c1CCCC2)NCc1ccc(F)cc1. The molecule has 0 spiro atoms. The van der Waals surface area contributed by atoms with E-state index in [-0.39, 0.29) is 23.2 Å². The fourth-order valence-electron chi connectivity index (χ4n) is 3.58. The van der Waals surface area contributed by atoms with Crippen molar-refractivity contribution in [1.29, 1.82) is 0 Å². The third kappa shape index (κ3) is 4.99. The Hall–Kier alpha value is -2.45. The normalized spacial score (nSPS) is 13.1. The van der Waals surface area contributed by atoms with E-state index < -0.39 is 0 Å². The summed E-state index contributed by atoms with van der Waals surface area (Å²) < 4.78 is 14.8. The average molecular weight is 444 g/mol. The molecule has 0 aliphatic heterocycles. The van der Waals surface area contributed by atoms with Crippen LogP contribution in [0.4, 0.5) is 4.39 Å². The van der Waals surface area contributed by atoms with Crippen molar-refractivity contribution in [3.8, 4) is 0 Å². The Kier molecular flexibility index (Phi) is 6.64. The lowest BCUT2D eigenvalue weighted by molar-refractivity contribution is -0.118. The molecule has 1 aliphatic carbocycles. The molecule has 0 saturated heterocycles. The summed E-state index contributed by atoms with van der Waals surface area (Å²) in [5, 5.41) is 5.52. The predicted octanol–water partition coefficient (Wildman–Crippen LogP) is 3.78. The van der Waals surface area contributed by atoms with Gasteiger partial charge in [0.15, 0.2) is 0 Å². The highest BCUT2D eigenvalue weighted by Gasteiger charge is 2.21. The van der Waals surface area contributed by atoms with Gasteiger partial charge in [0.25, 0.3) is 0 Å². The fourth-order valence-corrected chi connectivity index (χ4v) is 5.18. The number of halogens is 1. The molecular weight excluding hydrogens is 421 g/mol. The lowest BCUT2D eigenvalue weighted by Crippen LogP contribution is -2.31. The highest BCUT2D eigenvalue weighted by atomic mass is 32.2. The summed E-state index contributed by atoms with van der Waals surface area (Å²) in [5.41, 5.74) is 2.75. The maximum absolute atomic E-state index is 13.0. The Bertz CT molecular complexity index is 1080. The van der Waals surface area contributed by atoms with Crippen LogP contribution in [0.15, 0.2) is 51.6 Å². The van der Waals surface area contributed by atoms with Crippen molar-refractivity contribution in [2.75, 3.05) is 5.75 Å². The zero-order valence-electron chi connectivity index (χ0n) is 16.4. The third-order valence-electron chi connectivity index (χ3n) is 5.09. The van der Waals surface area contributed by atoms with Crippen LogP contribution >= 0.6 is 23.1 Å². The van der Waals surface area contributed by atoms with Crippen LogP contribution in [0, 0.1) is 5.82 Å². The monoisotopic (exact) mass is 443 g/mol. The van der Waals surface area contributed by atoms with Crippen LogP contribution in [-0.2, 0) is 30.7 Å². The summed E-state index contributed by atoms with van der Waals surface area (Å²) in [5.74, 6) is -0.251. The molecule has 2 aromatic heterocycles. The molecule has 30 heavy (non-hydrogen) atoms. The van der Waals surface area contributed by atoms with Crippen molar-refractivity contribution in [3.05, 3.63) is 79.8 Å². The van der Waals surface area contributed by atoms with Gasteiger partial charge in [-0.05, 0) is 54.8 Å². The minimum atomic E-state index is -0.301. The van der Waals surface area contributed by atoms with E-state index in [0.29, 0.717) is 18.1 Å². The molecule has 0 saturated carbocycles. The highest BCUT2D eigenvalue weighted by Crippen LogP contribution is 2.29. The van der Waals surface area contributed by atoms with Crippen molar-refractivity contribution in [3.63, 3.8) is 0 Å². The van der Waals surface area contributed by atoms with Crippen LogP contribution in [0.1, 0.15) is 34.5 Å². The van der Waals surface area contributed by atoms with Gasteiger partial charge < -0.3 is 5.32 Å². The zero-order valence-corrected chi connectivity index (χ0v) is 18.0. The van der Waals surface area contributed by atoms with Crippen molar-refractivity contribution in [1.82, 2.24) is 14.9 Å². The third-order valence-corrected chi connectivity index (χ3v) is 6.97.